The van der Waals surface area contributed by atoms with E-state index in [0.717, 1.165) is 31.9 Å². The number of rotatable bonds is 6. The van der Waals surface area contributed by atoms with Gasteiger partial charge in [-0.3, -0.25) is 9.69 Å². The number of benzene rings is 2. The van der Waals surface area contributed by atoms with Gasteiger partial charge in [0.25, 0.3) is 0 Å². The highest BCUT2D eigenvalue weighted by Crippen LogP contribution is 2.29. The molecule has 1 saturated heterocycles. The molecule has 0 aromatic heterocycles. The van der Waals surface area contributed by atoms with Gasteiger partial charge in [-0.05, 0) is 31.2 Å². The van der Waals surface area contributed by atoms with Crippen molar-refractivity contribution in [2.45, 2.75) is 19.4 Å². The van der Waals surface area contributed by atoms with E-state index in [9.17, 15) is 4.79 Å². The topological polar surface area (TPSA) is 53.6 Å². The van der Waals surface area contributed by atoms with E-state index in [4.69, 9.17) is 4.74 Å². The molecule has 5 heteroatoms. The molecule has 0 spiro atoms. The number of piperazine rings is 1. The largest absolute Gasteiger partial charge is 0.455 e. The molecule has 0 bridgehead atoms. The molecular formula is C20H25N3O2. The molecule has 0 unspecified atom stereocenters. The van der Waals surface area contributed by atoms with Gasteiger partial charge in [0, 0.05) is 38.6 Å². The maximum absolute atomic E-state index is 12.4. The molecule has 132 valence electrons. The van der Waals surface area contributed by atoms with Crippen LogP contribution in [0.4, 0.5) is 5.69 Å². The third-order valence-electron chi connectivity index (χ3n) is 4.40. The van der Waals surface area contributed by atoms with Crippen LogP contribution in [0.1, 0.15) is 13.3 Å². The van der Waals surface area contributed by atoms with Crippen LogP contribution in [0.2, 0.25) is 0 Å². The van der Waals surface area contributed by atoms with Crippen molar-refractivity contribution < 1.29 is 9.53 Å². The van der Waals surface area contributed by atoms with Gasteiger partial charge >= 0.3 is 0 Å². The lowest BCUT2D eigenvalue weighted by atomic mass is 10.2. The predicted octanol–water partition coefficient (Wildman–Crippen LogP) is 3.10. The molecule has 0 radical (unpaired) electrons. The number of carbonyl (C=O) groups is 1. The summed E-state index contributed by atoms with van der Waals surface area (Å²) in [5.41, 5.74) is 0.699. The quantitative estimate of drug-likeness (QED) is 0.849. The number of hydrogen-bond acceptors (Lipinski definition) is 4. The summed E-state index contributed by atoms with van der Waals surface area (Å²) >= 11 is 0. The summed E-state index contributed by atoms with van der Waals surface area (Å²) in [5, 5.41) is 6.34. The van der Waals surface area contributed by atoms with Crippen LogP contribution in [0, 0.1) is 0 Å². The fraction of sp³-hybridized carbons (Fsp3) is 0.350. The highest BCUT2D eigenvalue weighted by atomic mass is 16.5. The summed E-state index contributed by atoms with van der Waals surface area (Å²) in [7, 11) is 0. The number of nitrogens with one attached hydrogen (secondary N) is 2. The average Bonchev–Trinajstić information content (AvgIpc) is 2.64. The smallest absolute Gasteiger partial charge is 0.225 e. The third kappa shape index (κ3) is 5.05. The number of hydrogen-bond donors (Lipinski definition) is 2. The van der Waals surface area contributed by atoms with Gasteiger partial charge in [0.2, 0.25) is 5.91 Å². The first-order chi connectivity index (χ1) is 12.2. The van der Waals surface area contributed by atoms with Gasteiger partial charge in [0.1, 0.15) is 5.75 Å². The lowest BCUT2D eigenvalue weighted by Crippen LogP contribution is -2.50. The van der Waals surface area contributed by atoms with Crippen LogP contribution in [-0.2, 0) is 4.79 Å². The number of amides is 1. The Morgan fingerprint density at radius 2 is 1.96 bits per heavy atom. The van der Waals surface area contributed by atoms with Crippen molar-refractivity contribution in [3.63, 3.8) is 0 Å². The number of ether oxygens (including phenoxy) is 1. The maximum Gasteiger partial charge on any atom is 0.225 e. The summed E-state index contributed by atoms with van der Waals surface area (Å²) < 4.78 is 5.89. The second-order valence-corrected chi connectivity index (χ2v) is 6.30. The first kappa shape index (κ1) is 17.5. The van der Waals surface area contributed by atoms with Crippen LogP contribution in [0.3, 0.4) is 0 Å². The molecule has 2 N–H and O–H groups in total. The average molecular weight is 339 g/mol. The molecule has 3 rings (SSSR count). The van der Waals surface area contributed by atoms with Gasteiger partial charge in [-0.2, -0.15) is 0 Å². The molecule has 1 fully saturated rings. The van der Waals surface area contributed by atoms with Crippen molar-refractivity contribution in [3.8, 4) is 11.5 Å². The van der Waals surface area contributed by atoms with E-state index in [1.165, 1.54) is 0 Å². The summed E-state index contributed by atoms with van der Waals surface area (Å²) in [5.74, 6) is 1.41. The van der Waals surface area contributed by atoms with Crippen LogP contribution >= 0.6 is 0 Å². The van der Waals surface area contributed by atoms with Crippen molar-refractivity contribution in [3.05, 3.63) is 54.6 Å². The third-order valence-corrected chi connectivity index (χ3v) is 4.40. The van der Waals surface area contributed by atoms with Gasteiger partial charge in [-0.25, -0.2) is 0 Å². The van der Waals surface area contributed by atoms with Crippen LogP contribution in [0.15, 0.2) is 54.6 Å². The summed E-state index contributed by atoms with van der Waals surface area (Å²) in [4.78, 5) is 14.7. The summed E-state index contributed by atoms with van der Waals surface area (Å²) in [6, 6.07) is 17.6. The fourth-order valence-corrected chi connectivity index (χ4v) is 2.95. The van der Waals surface area contributed by atoms with E-state index in [1.807, 2.05) is 54.6 Å². The zero-order valence-electron chi connectivity index (χ0n) is 14.6. The van der Waals surface area contributed by atoms with Crippen LogP contribution in [-0.4, -0.2) is 43.0 Å². The highest BCUT2D eigenvalue weighted by molar-refractivity contribution is 5.92. The Balaban J connectivity index is 1.57. The minimum absolute atomic E-state index is 0.00912. The lowest BCUT2D eigenvalue weighted by Gasteiger charge is -2.33. The van der Waals surface area contributed by atoms with Gasteiger partial charge in [0.05, 0.1) is 5.69 Å². The Morgan fingerprint density at radius 3 is 2.76 bits per heavy atom. The van der Waals surface area contributed by atoms with Crippen LogP contribution < -0.4 is 15.4 Å². The Hall–Kier alpha value is -2.37. The van der Waals surface area contributed by atoms with Gasteiger partial charge in [-0.1, -0.05) is 30.3 Å². The predicted molar refractivity (Wildman–Crippen MR) is 100 cm³/mol. The summed E-state index contributed by atoms with van der Waals surface area (Å²) in [6.45, 7) is 5.92. The van der Waals surface area contributed by atoms with E-state index in [1.54, 1.807) is 0 Å². The fourth-order valence-electron chi connectivity index (χ4n) is 2.95. The minimum Gasteiger partial charge on any atom is -0.455 e. The zero-order valence-corrected chi connectivity index (χ0v) is 14.6. The molecule has 0 saturated carbocycles. The van der Waals surface area contributed by atoms with Crippen LogP contribution in [0.5, 0.6) is 11.5 Å². The Labute approximate surface area is 149 Å². The van der Waals surface area contributed by atoms with Gasteiger partial charge < -0.3 is 15.4 Å². The van der Waals surface area contributed by atoms with E-state index in [2.05, 4.69) is 22.5 Å². The van der Waals surface area contributed by atoms with Crippen molar-refractivity contribution in [2.75, 3.05) is 31.5 Å². The Morgan fingerprint density at radius 1 is 1.20 bits per heavy atom. The normalized spacial score (nSPS) is 17.9. The van der Waals surface area contributed by atoms with Crippen molar-refractivity contribution in [1.29, 1.82) is 0 Å². The minimum atomic E-state index is 0.00912. The Bertz CT molecular complexity index is 690. The zero-order chi connectivity index (χ0) is 17.5. The monoisotopic (exact) mass is 339 g/mol. The lowest BCUT2D eigenvalue weighted by molar-refractivity contribution is -0.116. The van der Waals surface area contributed by atoms with E-state index >= 15 is 0 Å². The second kappa shape index (κ2) is 8.65. The maximum atomic E-state index is 12.4. The first-order valence-corrected chi connectivity index (χ1v) is 8.79. The molecule has 1 atom stereocenters. The number of carbonyl (C=O) groups excluding carboxylic acids is 1. The molecule has 25 heavy (non-hydrogen) atoms. The number of para-hydroxylation sites is 3. The summed E-state index contributed by atoms with van der Waals surface area (Å²) in [6.07, 6.45) is 0.476. The van der Waals surface area contributed by atoms with Crippen molar-refractivity contribution in [1.82, 2.24) is 10.2 Å². The second-order valence-electron chi connectivity index (χ2n) is 6.30. The molecule has 2 aromatic carbocycles. The molecule has 1 aliphatic rings. The van der Waals surface area contributed by atoms with Crippen molar-refractivity contribution in [2.24, 2.45) is 0 Å². The first-order valence-electron chi connectivity index (χ1n) is 8.79. The van der Waals surface area contributed by atoms with E-state index in [-0.39, 0.29) is 5.91 Å². The number of nitrogens with zero attached hydrogens (tertiary/aromatic N) is 1. The van der Waals surface area contributed by atoms with Crippen LogP contribution in [0.25, 0.3) is 0 Å². The van der Waals surface area contributed by atoms with Crippen molar-refractivity contribution >= 4 is 11.6 Å². The van der Waals surface area contributed by atoms with E-state index in [0.29, 0.717) is 23.9 Å². The highest BCUT2D eigenvalue weighted by Gasteiger charge is 2.18. The van der Waals surface area contributed by atoms with E-state index < -0.39 is 0 Å². The molecule has 1 aliphatic heterocycles. The molecular weight excluding hydrogens is 314 g/mol. The Kier molecular flexibility index (Phi) is 6.04. The molecule has 1 amide bonds. The molecule has 5 nitrogen and oxygen atoms in total. The molecule has 1 heterocycles. The SMILES string of the molecule is C[C@@H]1CNCCN1CCC(=O)Nc1ccccc1Oc1ccccc1. The van der Waals surface area contributed by atoms with Gasteiger partial charge in [0.15, 0.2) is 5.75 Å². The molecule has 0 aliphatic carbocycles. The van der Waals surface area contributed by atoms with Gasteiger partial charge in [-0.15, -0.1) is 0 Å². The standard InChI is InChI=1S/C20H25N3O2/c1-16-15-21-12-14-23(16)13-11-20(24)22-18-9-5-6-10-19(18)25-17-7-3-2-4-8-17/h2-10,16,21H,11-15H2,1H3,(H,22,24)/t16-/m1/s1. The number of anilines is 1. The molecule has 2 aromatic rings.